The van der Waals surface area contributed by atoms with Crippen LogP contribution in [0.3, 0.4) is 0 Å². The van der Waals surface area contributed by atoms with Crippen LogP contribution in [0, 0.1) is 0 Å². The van der Waals surface area contributed by atoms with Gasteiger partial charge in [-0.05, 0) is 31.4 Å². The standard InChI is InChI=1S/C19H26/c1-3-5-7-9-11-13-15-17-19-18-16-14-12-10-8-6-4-2/h3,5,7,9,12-14,16-19H,1,4,6,8,10,15H2,2H3/b7-5+,14-12+,18-16+,19-17+. The molecule has 0 spiro atoms. The predicted octanol–water partition coefficient (Wildman–Crippen LogP) is 6.08. The molecule has 0 saturated carbocycles. The van der Waals surface area contributed by atoms with Crippen LogP contribution in [0.15, 0.2) is 79.1 Å². The van der Waals surface area contributed by atoms with Gasteiger partial charge in [0.1, 0.15) is 0 Å². The van der Waals surface area contributed by atoms with Gasteiger partial charge in [-0.1, -0.05) is 81.0 Å². The van der Waals surface area contributed by atoms with E-state index in [1.807, 2.05) is 24.3 Å². The van der Waals surface area contributed by atoms with E-state index in [0.29, 0.717) is 0 Å². The Morgan fingerprint density at radius 2 is 1.68 bits per heavy atom. The average Bonchev–Trinajstić information content (AvgIpc) is 2.43. The van der Waals surface area contributed by atoms with E-state index in [9.17, 15) is 0 Å². The fraction of sp³-hybridized carbons (Fsp3) is 0.316. The van der Waals surface area contributed by atoms with Gasteiger partial charge in [0.15, 0.2) is 0 Å². The van der Waals surface area contributed by atoms with Crippen molar-refractivity contribution in [2.24, 2.45) is 0 Å². The first-order valence-corrected chi connectivity index (χ1v) is 7.08. The Balaban J connectivity index is 3.64. The minimum absolute atomic E-state index is 0.906. The molecule has 0 saturated heterocycles. The third-order valence-electron chi connectivity index (χ3n) is 2.39. The summed E-state index contributed by atoms with van der Waals surface area (Å²) >= 11 is 0. The zero-order chi connectivity index (χ0) is 14.0. The Bertz CT molecular complexity index is 369. The molecule has 0 unspecified atom stereocenters. The highest BCUT2D eigenvalue weighted by Gasteiger charge is 1.79. The molecule has 102 valence electrons. The summed E-state index contributed by atoms with van der Waals surface area (Å²) in [5.41, 5.74) is 3.08. The third-order valence-corrected chi connectivity index (χ3v) is 2.39. The molecule has 0 fully saturated rings. The Labute approximate surface area is 118 Å². The van der Waals surface area contributed by atoms with Crippen LogP contribution in [0.4, 0.5) is 0 Å². The summed E-state index contributed by atoms with van der Waals surface area (Å²) in [6.07, 6.45) is 28.1. The lowest BCUT2D eigenvalue weighted by Gasteiger charge is -1.89. The zero-order valence-electron chi connectivity index (χ0n) is 12.1. The lowest BCUT2D eigenvalue weighted by atomic mass is 10.2. The van der Waals surface area contributed by atoms with E-state index < -0.39 is 0 Å². The monoisotopic (exact) mass is 254 g/mol. The molecule has 0 N–H and O–H groups in total. The minimum Gasteiger partial charge on any atom is -0.125 e. The molecule has 0 radical (unpaired) electrons. The highest BCUT2D eigenvalue weighted by molar-refractivity contribution is 5.12. The van der Waals surface area contributed by atoms with Gasteiger partial charge < -0.3 is 0 Å². The van der Waals surface area contributed by atoms with E-state index in [1.165, 1.54) is 25.7 Å². The Morgan fingerprint density at radius 3 is 2.42 bits per heavy atom. The number of allylic oxidation sites excluding steroid dienone is 10. The van der Waals surface area contributed by atoms with Crippen molar-refractivity contribution in [1.29, 1.82) is 0 Å². The normalized spacial score (nSPS) is 11.6. The lowest BCUT2D eigenvalue weighted by Crippen LogP contribution is -1.69. The van der Waals surface area contributed by atoms with Crippen LogP contribution in [0.25, 0.3) is 0 Å². The number of hydrogen-bond donors (Lipinski definition) is 0. The van der Waals surface area contributed by atoms with Gasteiger partial charge in [-0.25, -0.2) is 0 Å². The van der Waals surface area contributed by atoms with Gasteiger partial charge >= 0.3 is 0 Å². The summed E-state index contributed by atoms with van der Waals surface area (Å²) in [6, 6.07) is 0. The molecule has 0 heterocycles. The smallest absolute Gasteiger partial charge is 0.00898 e. The van der Waals surface area contributed by atoms with Crippen molar-refractivity contribution >= 4 is 0 Å². The number of unbranched alkanes of at least 4 members (excludes halogenated alkanes) is 3. The first kappa shape index (κ1) is 17.2. The molecule has 0 atom stereocenters. The molecular formula is C19H26. The van der Waals surface area contributed by atoms with E-state index in [2.05, 4.69) is 55.7 Å². The lowest BCUT2D eigenvalue weighted by molar-refractivity contribution is 0.729. The molecule has 0 aromatic carbocycles. The van der Waals surface area contributed by atoms with Crippen LogP contribution >= 0.6 is 0 Å². The first-order chi connectivity index (χ1) is 9.41. The molecule has 0 nitrogen and oxygen atoms in total. The van der Waals surface area contributed by atoms with Crippen molar-refractivity contribution < 1.29 is 0 Å². The Kier molecular flexibility index (Phi) is 14.7. The zero-order valence-corrected chi connectivity index (χ0v) is 12.1. The third kappa shape index (κ3) is 16.2. The largest absolute Gasteiger partial charge is 0.125 e. The minimum atomic E-state index is 0.906. The van der Waals surface area contributed by atoms with Crippen molar-refractivity contribution in [1.82, 2.24) is 0 Å². The second-order valence-electron chi connectivity index (χ2n) is 4.13. The molecule has 0 aliphatic heterocycles. The van der Waals surface area contributed by atoms with E-state index >= 15 is 0 Å². The highest BCUT2D eigenvalue weighted by atomic mass is 13.9. The maximum atomic E-state index is 3.60. The molecule has 0 rings (SSSR count). The second-order valence-corrected chi connectivity index (χ2v) is 4.13. The summed E-state index contributed by atoms with van der Waals surface area (Å²) in [7, 11) is 0. The van der Waals surface area contributed by atoms with Crippen LogP contribution in [-0.2, 0) is 0 Å². The van der Waals surface area contributed by atoms with Crippen molar-refractivity contribution in [3.63, 3.8) is 0 Å². The quantitative estimate of drug-likeness (QED) is 0.252. The Hall–Kier alpha value is -1.78. The second kappa shape index (κ2) is 16.2. The van der Waals surface area contributed by atoms with Crippen LogP contribution in [-0.4, -0.2) is 0 Å². The summed E-state index contributed by atoms with van der Waals surface area (Å²) < 4.78 is 0. The van der Waals surface area contributed by atoms with Crippen molar-refractivity contribution in [2.75, 3.05) is 0 Å². The SMILES string of the molecule is C=C/C=C/C=C=CC/C=C/C=C/C=C/CCCCC. The van der Waals surface area contributed by atoms with Crippen molar-refractivity contribution in [3.05, 3.63) is 79.1 Å². The highest BCUT2D eigenvalue weighted by Crippen LogP contribution is 1.99. The van der Waals surface area contributed by atoms with Gasteiger partial charge in [-0.2, -0.15) is 0 Å². The predicted molar refractivity (Wildman–Crippen MR) is 88.2 cm³/mol. The number of hydrogen-bond acceptors (Lipinski definition) is 0. The molecular weight excluding hydrogens is 228 g/mol. The molecule has 0 heteroatoms. The molecule has 0 aliphatic carbocycles. The Morgan fingerprint density at radius 1 is 0.895 bits per heavy atom. The molecule has 0 amide bonds. The van der Waals surface area contributed by atoms with E-state index in [-0.39, 0.29) is 0 Å². The molecule has 19 heavy (non-hydrogen) atoms. The number of rotatable bonds is 10. The van der Waals surface area contributed by atoms with Crippen LogP contribution < -0.4 is 0 Å². The van der Waals surface area contributed by atoms with Crippen LogP contribution in [0.2, 0.25) is 0 Å². The van der Waals surface area contributed by atoms with Gasteiger partial charge in [0, 0.05) is 0 Å². The summed E-state index contributed by atoms with van der Waals surface area (Å²) in [6.45, 7) is 5.82. The first-order valence-electron chi connectivity index (χ1n) is 7.08. The van der Waals surface area contributed by atoms with E-state index in [0.717, 1.165) is 6.42 Å². The van der Waals surface area contributed by atoms with Crippen molar-refractivity contribution in [2.45, 2.75) is 39.0 Å². The topological polar surface area (TPSA) is 0 Å². The van der Waals surface area contributed by atoms with Gasteiger partial charge in [-0.15, -0.1) is 5.73 Å². The van der Waals surface area contributed by atoms with Crippen LogP contribution in [0.5, 0.6) is 0 Å². The van der Waals surface area contributed by atoms with E-state index in [1.54, 1.807) is 6.08 Å². The maximum Gasteiger partial charge on any atom is -0.00898 e. The van der Waals surface area contributed by atoms with Gasteiger partial charge in [0.2, 0.25) is 0 Å². The fourth-order valence-electron chi connectivity index (χ4n) is 1.37. The van der Waals surface area contributed by atoms with Gasteiger partial charge in [0.25, 0.3) is 0 Å². The molecule has 0 aromatic heterocycles. The summed E-state index contributed by atoms with van der Waals surface area (Å²) in [5, 5.41) is 0. The summed E-state index contributed by atoms with van der Waals surface area (Å²) in [5.74, 6) is 0. The van der Waals surface area contributed by atoms with Crippen LogP contribution in [0.1, 0.15) is 39.0 Å². The van der Waals surface area contributed by atoms with Crippen molar-refractivity contribution in [3.8, 4) is 0 Å². The maximum absolute atomic E-state index is 3.60. The van der Waals surface area contributed by atoms with Gasteiger partial charge in [-0.3, -0.25) is 0 Å². The molecule has 0 aliphatic rings. The average molecular weight is 254 g/mol. The van der Waals surface area contributed by atoms with Gasteiger partial charge in [0.05, 0.1) is 0 Å². The summed E-state index contributed by atoms with van der Waals surface area (Å²) in [4.78, 5) is 0. The molecule has 0 bridgehead atoms. The van der Waals surface area contributed by atoms with E-state index in [4.69, 9.17) is 0 Å². The fourth-order valence-corrected chi connectivity index (χ4v) is 1.37. The molecule has 0 aromatic rings.